The highest BCUT2D eigenvalue weighted by Crippen LogP contribution is 2.17. The molecule has 0 spiro atoms. The molecule has 3 rings (SSSR count). The summed E-state index contributed by atoms with van der Waals surface area (Å²) in [6, 6.07) is 16.1. The number of carbonyl (C=O) groups excluding carboxylic acids is 1. The van der Waals surface area contributed by atoms with Crippen LogP contribution < -0.4 is 5.32 Å². The second kappa shape index (κ2) is 7.13. The van der Waals surface area contributed by atoms with Gasteiger partial charge < -0.3 is 5.32 Å². The average molecular weight is 311 g/mol. The molecule has 1 aromatic carbocycles. The van der Waals surface area contributed by atoms with E-state index in [1.165, 1.54) is 17.3 Å². The summed E-state index contributed by atoms with van der Waals surface area (Å²) in [5, 5.41) is 3.79. The highest BCUT2D eigenvalue weighted by atomic mass is 32.2. The molecule has 0 saturated heterocycles. The van der Waals surface area contributed by atoms with Gasteiger partial charge in [-0.3, -0.25) is 9.20 Å². The number of aromatic nitrogens is 2. The molecule has 0 aliphatic carbocycles. The van der Waals surface area contributed by atoms with Gasteiger partial charge in [0.2, 0.25) is 5.91 Å². The normalized spacial score (nSPS) is 10.7. The van der Waals surface area contributed by atoms with E-state index in [0.29, 0.717) is 12.3 Å². The van der Waals surface area contributed by atoms with Crippen molar-refractivity contribution in [2.75, 3.05) is 12.3 Å². The summed E-state index contributed by atoms with van der Waals surface area (Å²) in [6.07, 6.45) is 4.62. The first-order valence-corrected chi connectivity index (χ1v) is 8.17. The summed E-state index contributed by atoms with van der Waals surface area (Å²) in [4.78, 5) is 16.2. The fourth-order valence-corrected chi connectivity index (χ4v) is 2.99. The van der Waals surface area contributed by atoms with Crippen molar-refractivity contribution in [2.24, 2.45) is 0 Å². The van der Waals surface area contributed by atoms with Gasteiger partial charge in [0, 0.05) is 12.7 Å². The number of hydrogen-bond acceptors (Lipinski definition) is 3. The maximum absolute atomic E-state index is 11.9. The molecule has 0 unspecified atom stereocenters. The van der Waals surface area contributed by atoms with Crippen LogP contribution in [0.5, 0.6) is 0 Å². The van der Waals surface area contributed by atoms with E-state index in [1.807, 2.05) is 53.2 Å². The maximum Gasteiger partial charge on any atom is 0.230 e. The predicted molar refractivity (Wildman–Crippen MR) is 89.1 cm³/mol. The second-order valence-electron chi connectivity index (χ2n) is 4.91. The van der Waals surface area contributed by atoms with Crippen molar-refractivity contribution in [2.45, 2.75) is 11.6 Å². The number of fused-ring (bicyclic) bond motifs is 1. The van der Waals surface area contributed by atoms with Crippen LogP contribution in [0.1, 0.15) is 5.56 Å². The number of rotatable bonds is 6. The molecule has 0 aliphatic rings. The van der Waals surface area contributed by atoms with Crippen molar-refractivity contribution in [3.05, 3.63) is 66.5 Å². The standard InChI is InChI=1S/C17H17N3OS/c21-16(18-10-9-14-6-2-1-3-7-14)13-22-17-19-12-15-8-4-5-11-20(15)17/h1-8,11-12H,9-10,13H2,(H,18,21). The first-order valence-electron chi connectivity index (χ1n) is 7.18. The molecule has 4 nitrogen and oxygen atoms in total. The van der Waals surface area contributed by atoms with E-state index in [1.54, 1.807) is 0 Å². The Morgan fingerprint density at radius 2 is 1.95 bits per heavy atom. The zero-order valence-electron chi connectivity index (χ0n) is 12.1. The Morgan fingerprint density at radius 3 is 2.82 bits per heavy atom. The molecule has 112 valence electrons. The van der Waals surface area contributed by atoms with Crippen LogP contribution in [0.25, 0.3) is 5.52 Å². The maximum atomic E-state index is 11.9. The largest absolute Gasteiger partial charge is 0.355 e. The number of amides is 1. The number of nitrogens with one attached hydrogen (secondary N) is 1. The molecule has 1 amide bonds. The molecule has 0 bridgehead atoms. The summed E-state index contributed by atoms with van der Waals surface area (Å²) in [5.41, 5.74) is 2.27. The third kappa shape index (κ3) is 3.68. The van der Waals surface area contributed by atoms with E-state index in [0.717, 1.165) is 17.1 Å². The summed E-state index contributed by atoms with van der Waals surface area (Å²) in [7, 11) is 0. The lowest BCUT2D eigenvalue weighted by atomic mass is 10.1. The molecule has 0 atom stereocenters. The van der Waals surface area contributed by atoms with Gasteiger partial charge in [-0.15, -0.1) is 0 Å². The quantitative estimate of drug-likeness (QED) is 0.712. The van der Waals surface area contributed by atoms with E-state index >= 15 is 0 Å². The lowest BCUT2D eigenvalue weighted by Crippen LogP contribution is -2.27. The highest BCUT2D eigenvalue weighted by Gasteiger charge is 2.07. The van der Waals surface area contributed by atoms with Crippen LogP contribution in [-0.4, -0.2) is 27.6 Å². The van der Waals surface area contributed by atoms with Crippen molar-refractivity contribution < 1.29 is 4.79 Å². The van der Waals surface area contributed by atoms with Crippen molar-refractivity contribution in [1.82, 2.24) is 14.7 Å². The van der Waals surface area contributed by atoms with E-state index in [2.05, 4.69) is 22.4 Å². The number of carbonyl (C=O) groups is 1. The third-order valence-electron chi connectivity index (χ3n) is 3.32. The van der Waals surface area contributed by atoms with Gasteiger partial charge in [0.05, 0.1) is 17.5 Å². The highest BCUT2D eigenvalue weighted by molar-refractivity contribution is 7.99. The lowest BCUT2D eigenvalue weighted by molar-refractivity contribution is -0.118. The summed E-state index contributed by atoms with van der Waals surface area (Å²) in [6.45, 7) is 0.658. The van der Waals surface area contributed by atoms with Gasteiger partial charge in [-0.2, -0.15) is 0 Å². The van der Waals surface area contributed by atoms with Crippen LogP contribution in [0.4, 0.5) is 0 Å². The fraction of sp³-hybridized carbons (Fsp3) is 0.176. The van der Waals surface area contributed by atoms with Crippen molar-refractivity contribution in [1.29, 1.82) is 0 Å². The zero-order chi connectivity index (χ0) is 15.2. The van der Waals surface area contributed by atoms with Crippen LogP contribution in [0, 0.1) is 0 Å². The average Bonchev–Trinajstić information content (AvgIpc) is 2.97. The van der Waals surface area contributed by atoms with Crippen LogP contribution >= 0.6 is 11.8 Å². The Labute approximate surface area is 133 Å². The van der Waals surface area contributed by atoms with Crippen molar-refractivity contribution >= 4 is 23.2 Å². The van der Waals surface area contributed by atoms with Gasteiger partial charge >= 0.3 is 0 Å². The minimum atomic E-state index is 0.0358. The number of nitrogens with zero attached hydrogens (tertiary/aromatic N) is 2. The van der Waals surface area contributed by atoms with E-state index < -0.39 is 0 Å². The number of hydrogen-bond donors (Lipinski definition) is 1. The van der Waals surface area contributed by atoms with Gasteiger partial charge in [-0.05, 0) is 24.1 Å². The van der Waals surface area contributed by atoms with Gasteiger partial charge in [0.25, 0.3) is 0 Å². The molecular weight excluding hydrogens is 294 g/mol. The summed E-state index contributed by atoms with van der Waals surface area (Å²) < 4.78 is 1.99. The molecular formula is C17H17N3OS. The molecule has 22 heavy (non-hydrogen) atoms. The third-order valence-corrected chi connectivity index (χ3v) is 4.28. The Bertz CT molecular complexity index is 755. The second-order valence-corrected chi connectivity index (χ2v) is 5.85. The van der Waals surface area contributed by atoms with Gasteiger partial charge in [-0.1, -0.05) is 48.2 Å². The van der Waals surface area contributed by atoms with E-state index in [4.69, 9.17) is 0 Å². The minimum absolute atomic E-state index is 0.0358. The van der Waals surface area contributed by atoms with Crippen molar-refractivity contribution in [3.63, 3.8) is 0 Å². The molecule has 2 heterocycles. The molecule has 2 aromatic heterocycles. The zero-order valence-corrected chi connectivity index (χ0v) is 12.9. The number of thioether (sulfide) groups is 1. The lowest BCUT2D eigenvalue weighted by Gasteiger charge is -2.05. The minimum Gasteiger partial charge on any atom is -0.355 e. The molecule has 3 aromatic rings. The van der Waals surface area contributed by atoms with E-state index in [-0.39, 0.29) is 5.91 Å². The summed E-state index contributed by atoms with van der Waals surface area (Å²) >= 11 is 1.45. The first-order chi connectivity index (χ1) is 10.8. The molecule has 0 aliphatic heterocycles. The SMILES string of the molecule is O=C(CSc1ncc2ccccn12)NCCc1ccccc1. The number of pyridine rings is 1. The molecule has 0 radical (unpaired) electrons. The number of benzene rings is 1. The fourth-order valence-electron chi connectivity index (χ4n) is 2.20. The van der Waals surface area contributed by atoms with Gasteiger partial charge in [0.15, 0.2) is 5.16 Å². The summed E-state index contributed by atoms with van der Waals surface area (Å²) in [5.74, 6) is 0.414. The van der Waals surface area contributed by atoms with Crippen LogP contribution in [-0.2, 0) is 11.2 Å². The predicted octanol–water partition coefficient (Wildman–Crippen LogP) is 2.79. The van der Waals surface area contributed by atoms with Gasteiger partial charge in [-0.25, -0.2) is 4.98 Å². The molecule has 0 saturated carbocycles. The van der Waals surface area contributed by atoms with E-state index in [9.17, 15) is 4.79 Å². The van der Waals surface area contributed by atoms with Crippen LogP contribution in [0.3, 0.4) is 0 Å². The first kappa shape index (κ1) is 14.7. The Kier molecular flexibility index (Phi) is 4.75. The molecule has 5 heteroatoms. The number of imidazole rings is 1. The van der Waals surface area contributed by atoms with Crippen molar-refractivity contribution in [3.8, 4) is 0 Å². The Hall–Kier alpha value is -2.27. The Balaban J connectivity index is 1.46. The monoisotopic (exact) mass is 311 g/mol. The molecule has 1 N–H and O–H groups in total. The van der Waals surface area contributed by atoms with Crippen LogP contribution in [0.15, 0.2) is 66.1 Å². The van der Waals surface area contributed by atoms with Crippen LogP contribution in [0.2, 0.25) is 0 Å². The molecule has 0 fully saturated rings. The smallest absolute Gasteiger partial charge is 0.230 e. The Morgan fingerprint density at radius 1 is 1.14 bits per heavy atom. The van der Waals surface area contributed by atoms with Gasteiger partial charge in [0.1, 0.15) is 0 Å². The topological polar surface area (TPSA) is 46.4 Å².